The molecule has 0 aliphatic rings. The Balaban J connectivity index is 3.06. The van der Waals surface area contributed by atoms with Gasteiger partial charge in [0, 0.05) is 28.6 Å². The molecule has 0 saturated carbocycles. The smallest absolute Gasteiger partial charge is 0.128 e. The van der Waals surface area contributed by atoms with Crippen LogP contribution in [0.3, 0.4) is 0 Å². The molecule has 0 aromatic heterocycles. The van der Waals surface area contributed by atoms with Crippen LogP contribution in [0.1, 0.15) is 24.9 Å². The first-order valence-electron chi connectivity index (χ1n) is 5.37. The molecule has 0 fully saturated rings. The molecule has 1 rings (SSSR count). The molecule has 2 N–H and O–H groups in total. The van der Waals surface area contributed by atoms with Crippen LogP contribution in [0.2, 0.25) is 0 Å². The van der Waals surface area contributed by atoms with E-state index in [0.29, 0.717) is 5.56 Å². The maximum atomic E-state index is 13.7. The highest BCUT2D eigenvalue weighted by molar-refractivity contribution is 9.10. The standard InChI is InChI=1S/C12H17BrFNO/c1-3-8(7-16)12(15-2)10-6-9(13)4-5-11(10)14/h4-6,8,12,15-16H,3,7H2,1-2H3. The highest BCUT2D eigenvalue weighted by Gasteiger charge is 2.22. The quantitative estimate of drug-likeness (QED) is 0.874. The minimum absolute atomic E-state index is 0.0220. The summed E-state index contributed by atoms with van der Waals surface area (Å²) in [7, 11) is 1.78. The molecule has 2 nitrogen and oxygen atoms in total. The van der Waals surface area contributed by atoms with Gasteiger partial charge < -0.3 is 10.4 Å². The Kier molecular flexibility index (Phi) is 5.38. The molecule has 0 bridgehead atoms. The van der Waals surface area contributed by atoms with Crippen molar-refractivity contribution in [3.8, 4) is 0 Å². The summed E-state index contributed by atoms with van der Waals surface area (Å²) in [5.74, 6) is -0.219. The molecule has 2 unspecified atom stereocenters. The normalized spacial score (nSPS) is 14.8. The van der Waals surface area contributed by atoms with Crippen molar-refractivity contribution in [1.29, 1.82) is 0 Å². The van der Waals surface area contributed by atoms with Crippen LogP contribution in [-0.4, -0.2) is 18.8 Å². The van der Waals surface area contributed by atoms with Gasteiger partial charge in [-0.25, -0.2) is 4.39 Å². The Morgan fingerprint density at radius 2 is 2.19 bits per heavy atom. The van der Waals surface area contributed by atoms with E-state index in [-0.39, 0.29) is 24.4 Å². The summed E-state index contributed by atoms with van der Waals surface area (Å²) in [6.07, 6.45) is 0.800. The first-order chi connectivity index (χ1) is 7.63. The maximum absolute atomic E-state index is 13.7. The third-order valence-corrected chi connectivity index (χ3v) is 3.33. The zero-order valence-corrected chi connectivity index (χ0v) is 11.1. The van der Waals surface area contributed by atoms with Crippen molar-refractivity contribution in [3.05, 3.63) is 34.1 Å². The highest BCUT2D eigenvalue weighted by Crippen LogP contribution is 2.28. The molecule has 0 radical (unpaired) electrons. The monoisotopic (exact) mass is 289 g/mol. The zero-order valence-electron chi connectivity index (χ0n) is 9.50. The summed E-state index contributed by atoms with van der Waals surface area (Å²) in [6.45, 7) is 2.04. The van der Waals surface area contributed by atoms with E-state index in [1.54, 1.807) is 19.2 Å². The van der Waals surface area contributed by atoms with Crippen LogP contribution in [0.25, 0.3) is 0 Å². The number of nitrogens with one attached hydrogen (secondary N) is 1. The van der Waals surface area contributed by atoms with Crippen LogP contribution in [0.4, 0.5) is 4.39 Å². The average Bonchev–Trinajstić information content (AvgIpc) is 2.29. The van der Waals surface area contributed by atoms with Gasteiger partial charge in [-0.15, -0.1) is 0 Å². The molecular weight excluding hydrogens is 273 g/mol. The molecular formula is C12H17BrFNO. The molecule has 2 atom stereocenters. The lowest BCUT2D eigenvalue weighted by Gasteiger charge is -2.25. The van der Waals surface area contributed by atoms with Crippen molar-refractivity contribution in [2.75, 3.05) is 13.7 Å². The average molecular weight is 290 g/mol. The number of aliphatic hydroxyl groups is 1. The van der Waals surface area contributed by atoms with Gasteiger partial charge in [-0.05, 0) is 31.7 Å². The molecule has 0 amide bonds. The number of rotatable bonds is 5. The summed E-state index contributed by atoms with van der Waals surface area (Å²) >= 11 is 3.33. The van der Waals surface area contributed by atoms with Crippen molar-refractivity contribution in [2.45, 2.75) is 19.4 Å². The molecule has 0 aliphatic heterocycles. The highest BCUT2D eigenvalue weighted by atomic mass is 79.9. The molecule has 16 heavy (non-hydrogen) atoms. The van der Waals surface area contributed by atoms with Crippen LogP contribution in [0.15, 0.2) is 22.7 Å². The van der Waals surface area contributed by atoms with Crippen molar-refractivity contribution in [1.82, 2.24) is 5.32 Å². The van der Waals surface area contributed by atoms with Crippen LogP contribution in [-0.2, 0) is 0 Å². The predicted molar refractivity (Wildman–Crippen MR) is 66.8 cm³/mol. The van der Waals surface area contributed by atoms with E-state index in [1.165, 1.54) is 6.07 Å². The van der Waals surface area contributed by atoms with Gasteiger partial charge in [0.25, 0.3) is 0 Å². The molecule has 1 aromatic carbocycles. The Bertz CT molecular complexity index is 342. The van der Waals surface area contributed by atoms with E-state index in [9.17, 15) is 9.50 Å². The number of halogens is 2. The van der Waals surface area contributed by atoms with E-state index >= 15 is 0 Å². The summed E-state index contributed by atoms with van der Waals surface area (Å²) in [5.41, 5.74) is 0.595. The van der Waals surface area contributed by atoms with Crippen LogP contribution >= 0.6 is 15.9 Å². The fourth-order valence-electron chi connectivity index (χ4n) is 1.87. The van der Waals surface area contributed by atoms with Crippen molar-refractivity contribution in [3.63, 3.8) is 0 Å². The largest absolute Gasteiger partial charge is 0.396 e. The Morgan fingerprint density at radius 3 is 2.69 bits per heavy atom. The van der Waals surface area contributed by atoms with Crippen molar-refractivity contribution in [2.24, 2.45) is 5.92 Å². The lowest BCUT2D eigenvalue weighted by atomic mass is 9.91. The summed E-state index contributed by atoms with van der Waals surface area (Å²) in [4.78, 5) is 0. The predicted octanol–water partition coefficient (Wildman–Crippen LogP) is 2.87. The van der Waals surface area contributed by atoms with Gasteiger partial charge in [0.2, 0.25) is 0 Å². The van der Waals surface area contributed by atoms with E-state index in [1.807, 2.05) is 6.92 Å². The lowest BCUT2D eigenvalue weighted by Crippen LogP contribution is -2.28. The number of hydrogen-bond donors (Lipinski definition) is 2. The SMILES string of the molecule is CCC(CO)C(NC)c1cc(Br)ccc1F. The Morgan fingerprint density at radius 1 is 1.50 bits per heavy atom. The van der Waals surface area contributed by atoms with Crippen LogP contribution in [0.5, 0.6) is 0 Å². The summed E-state index contributed by atoms with van der Waals surface area (Å²) in [6, 6.07) is 4.71. The second-order valence-electron chi connectivity index (χ2n) is 3.78. The Hall–Kier alpha value is -0.450. The molecule has 1 aromatic rings. The first kappa shape index (κ1) is 13.6. The topological polar surface area (TPSA) is 32.3 Å². The van der Waals surface area contributed by atoms with Gasteiger partial charge in [0.1, 0.15) is 5.82 Å². The fraction of sp³-hybridized carbons (Fsp3) is 0.500. The molecule has 0 aliphatic carbocycles. The molecule has 0 saturated heterocycles. The third kappa shape index (κ3) is 3.03. The van der Waals surface area contributed by atoms with E-state index in [0.717, 1.165) is 10.9 Å². The minimum atomic E-state index is -0.241. The van der Waals surface area contributed by atoms with Crippen LogP contribution in [0, 0.1) is 11.7 Å². The fourth-order valence-corrected chi connectivity index (χ4v) is 2.25. The number of aliphatic hydroxyl groups excluding tert-OH is 1. The van der Waals surface area contributed by atoms with Crippen LogP contribution < -0.4 is 5.32 Å². The Labute approximate surface area is 104 Å². The zero-order chi connectivity index (χ0) is 12.1. The van der Waals surface area contributed by atoms with Gasteiger partial charge in [0.05, 0.1) is 0 Å². The van der Waals surface area contributed by atoms with Gasteiger partial charge >= 0.3 is 0 Å². The summed E-state index contributed by atoms with van der Waals surface area (Å²) in [5, 5.41) is 12.3. The third-order valence-electron chi connectivity index (χ3n) is 2.83. The lowest BCUT2D eigenvalue weighted by molar-refractivity contribution is 0.187. The molecule has 90 valence electrons. The maximum Gasteiger partial charge on any atom is 0.128 e. The van der Waals surface area contributed by atoms with E-state index in [2.05, 4.69) is 21.2 Å². The van der Waals surface area contributed by atoms with E-state index in [4.69, 9.17) is 0 Å². The van der Waals surface area contributed by atoms with Gasteiger partial charge in [-0.2, -0.15) is 0 Å². The van der Waals surface area contributed by atoms with Gasteiger partial charge in [-0.3, -0.25) is 0 Å². The number of hydrogen-bond acceptors (Lipinski definition) is 2. The molecule has 0 spiro atoms. The van der Waals surface area contributed by atoms with E-state index < -0.39 is 0 Å². The minimum Gasteiger partial charge on any atom is -0.396 e. The second-order valence-corrected chi connectivity index (χ2v) is 4.70. The van der Waals surface area contributed by atoms with Crippen molar-refractivity contribution < 1.29 is 9.50 Å². The first-order valence-corrected chi connectivity index (χ1v) is 6.16. The molecule has 0 heterocycles. The molecule has 4 heteroatoms. The number of benzene rings is 1. The van der Waals surface area contributed by atoms with Crippen molar-refractivity contribution >= 4 is 15.9 Å². The summed E-state index contributed by atoms with van der Waals surface area (Å²) < 4.78 is 14.5. The van der Waals surface area contributed by atoms with Gasteiger partial charge in [0.15, 0.2) is 0 Å². The van der Waals surface area contributed by atoms with Gasteiger partial charge in [-0.1, -0.05) is 22.9 Å². The second kappa shape index (κ2) is 6.33.